The molecule has 1 aromatic carbocycles. The molecule has 1 aliphatic rings. The third kappa shape index (κ3) is 5.06. The predicted molar refractivity (Wildman–Crippen MR) is 133 cm³/mol. The number of rotatable bonds is 8. The van der Waals surface area contributed by atoms with Crippen molar-refractivity contribution in [3.05, 3.63) is 58.0 Å². The first-order chi connectivity index (χ1) is 16.6. The van der Waals surface area contributed by atoms with Crippen molar-refractivity contribution in [3.63, 3.8) is 0 Å². The Labute approximate surface area is 203 Å². The number of sulfonamides is 1. The zero-order valence-corrected chi connectivity index (χ0v) is 20.8. The highest BCUT2D eigenvalue weighted by molar-refractivity contribution is 7.90. The maximum Gasteiger partial charge on any atom is 0.286 e. The summed E-state index contributed by atoms with van der Waals surface area (Å²) in [5.74, 6) is -0.381. The molecule has 0 saturated heterocycles. The van der Waals surface area contributed by atoms with Crippen molar-refractivity contribution in [1.82, 2.24) is 14.3 Å². The summed E-state index contributed by atoms with van der Waals surface area (Å²) in [7, 11) is -6.97. The van der Waals surface area contributed by atoms with Crippen LogP contribution in [0.5, 0.6) is 5.75 Å². The molecule has 186 valence electrons. The first-order valence-corrected chi connectivity index (χ1v) is 13.5. The van der Waals surface area contributed by atoms with Crippen molar-refractivity contribution >= 4 is 43.5 Å². The van der Waals surface area contributed by atoms with Gasteiger partial charge in [-0.25, -0.2) is 18.1 Å². The highest BCUT2D eigenvalue weighted by atomic mass is 32.2. The van der Waals surface area contributed by atoms with E-state index in [1.807, 2.05) is 13.8 Å². The van der Waals surface area contributed by atoms with E-state index in [4.69, 9.17) is 0 Å². The Bertz CT molecular complexity index is 1570. The Morgan fingerprint density at radius 2 is 2.00 bits per heavy atom. The molecule has 0 fully saturated rings. The SMILES string of the molecule is CC(C)CCn1c(=O)c(C2=NS(=O)(=O)c3cc(CCN[SH](=O)=O)ccc3N2)c(O)c2cccnc21. The molecule has 4 rings (SSSR count). The van der Waals surface area contributed by atoms with Gasteiger partial charge in [-0.2, -0.15) is 8.42 Å². The van der Waals surface area contributed by atoms with Gasteiger partial charge in [0, 0.05) is 19.3 Å². The first kappa shape index (κ1) is 24.8. The number of nitrogens with one attached hydrogen (secondary N) is 2. The predicted octanol–water partition coefficient (Wildman–Crippen LogP) is 1.37. The van der Waals surface area contributed by atoms with Crippen molar-refractivity contribution in [2.75, 3.05) is 11.9 Å². The fourth-order valence-corrected chi connectivity index (χ4v) is 5.30. The molecule has 0 aliphatic carbocycles. The average Bonchev–Trinajstić information content (AvgIpc) is 2.78. The summed E-state index contributed by atoms with van der Waals surface area (Å²) in [6.45, 7) is 4.49. The number of fused-ring (bicyclic) bond motifs is 2. The van der Waals surface area contributed by atoms with E-state index in [9.17, 15) is 26.7 Å². The summed E-state index contributed by atoms with van der Waals surface area (Å²) in [5, 5.41) is 14.1. The summed E-state index contributed by atoms with van der Waals surface area (Å²) in [5.41, 5.74) is 0.232. The van der Waals surface area contributed by atoms with E-state index in [1.165, 1.54) is 22.9 Å². The number of nitrogens with zero attached hydrogens (tertiary/aromatic N) is 3. The number of hydrogen-bond acceptors (Lipinski definition) is 8. The summed E-state index contributed by atoms with van der Waals surface area (Å²) in [6.07, 6.45) is 2.48. The Morgan fingerprint density at radius 3 is 2.71 bits per heavy atom. The number of amidine groups is 1. The Balaban J connectivity index is 1.80. The number of aryl methyl sites for hydroxylation is 1. The quantitative estimate of drug-likeness (QED) is 0.325. The van der Waals surface area contributed by atoms with Crippen LogP contribution in [0.3, 0.4) is 0 Å². The third-order valence-electron chi connectivity index (χ3n) is 5.60. The van der Waals surface area contributed by atoms with Crippen LogP contribution in [0.4, 0.5) is 5.69 Å². The second-order valence-electron chi connectivity index (χ2n) is 8.52. The number of hydrogen-bond donors (Lipinski definition) is 4. The van der Waals surface area contributed by atoms with Crippen LogP contribution in [0, 0.1) is 5.92 Å². The highest BCUT2D eigenvalue weighted by Crippen LogP contribution is 2.32. The minimum atomic E-state index is -4.22. The van der Waals surface area contributed by atoms with Gasteiger partial charge in [0.05, 0.1) is 11.1 Å². The lowest BCUT2D eigenvalue weighted by atomic mass is 10.1. The van der Waals surface area contributed by atoms with Gasteiger partial charge in [-0.3, -0.25) is 9.36 Å². The van der Waals surface area contributed by atoms with Crippen molar-refractivity contribution in [1.29, 1.82) is 0 Å². The lowest BCUT2D eigenvalue weighted by Gasteiger charge is -2.21. The molecular weight excluding hydrogens is 494 g/mol. The standard InChI is InChI=1S/C22H25N5O6S2/c1-13(2)8-11-27-21-15(4-3-9-23-21)19(28)18(22(27)29)20-25-16-6-5-14(7-10-24-34(30)31)12-17(16)35(32,33)26-20/h3-6,9,12-13,28,34H,7-8,10-11H2,1-2H3,(H,25,26)(H,24,30,31). The normalized spacial score (nSPS) is 14.7. The van der Waals surface area contributed by atoms with Crippen molar-refractivity contribution in [2.45, 2.75) is 38.1 Å². The maximum atomic E-state index is 13.5. The third-order valence-corrected chi connectivity index (χ3v) is 7.40. The summed E-state index contributed by atoms with van der Waals surface area (Å²) in [4.78, 5) is 17.6. The maximum absolute atomic E-state index is 13.5. The van der Waals surface area contributed by atoms with E-state index >= 15 is 0 Å². The van der Waals surface area contributed by atoms with Gasteiger partial charge < -0.3 is 10.4 Å². The van der Waals surface area contributed by atoms with Gasteiger partial charge in [0.1, 0.15) is 21.9 Å². The molecule has 11 nitrogen and oxygen atoms in total. The van der Waals surface area contributed by atoms with Gasteiger partial charge in [0.2, 0.25) is 10.9 Å². The van der Waals surface area contributed by atoms with E-state index in [-0.39, 0.29) is 34.9 Å². The van der Waals surface area contributed by atoms with E-state index in [0.29, 0.717) is 35.5 Å². The molecule has 1 aliphatic heterocycles. The molecule has 0 spiro atoms. The summed E-state index contributed by atoms with van der Waals surface area (Å²) >= 11 is 0. The number of aromatic nitrogens is 2. The van der Waals surface area contributed by atoms with Crippen LogP contribution in [0.25, 0.3) is 11.0 Å². The van der Waals surface area contributed by atoms with Crippen LogP contribution in [0.15, 0.2) is 50.6 Å². The van der Waals surface area contributed by atoms with Crippen molar-refractivity contribution in [2.24, 2.45) is 10.3 Å². The smallest absolute Gasteiger partial charge is 0.286 e. The van der Waals surface area contributed by atoms with Crippen LogP contribution in [0.2, 0.25) is 0 Å². The summed E-state index contributed by atoms with van der Waals surface area (Å²) in [6, 6.07) is 7.79. The zero-order valence-electron chi connectivity index (χ0n) is 19.1. The van der Waals surface area contributed by atoms with Crippen LogP contribution in [-0.2, 0) is 33.9 Å². The van der Waals surface area contributed by atoms with E-state index in [1.54, 1.807) is 18.2 Å². The van der Waals surface area contributed by atoms with Crippen molar-refractivity contribution in [3.8, 4) is 5.75 Å². The molecule has 0 radical (unpaired) electrons. The van der Waals surface area contributed by atoms with Gasteiger partial charge >= 0.3 is 0 Å². The minimum absolute atomic E-state index is 0.104. The topological polar surface area (TPSA) is 160 Å². The number of pyridine rings is 2. The molecule has 35 heavy (non-hydrogen) atoms. The van der Waals surface area contributed by atoms with E-state index < -0.39 is 32.2 Å². The van der Waals surface area contributed by atoms with Gasteiger partial charge in [0.15, 0.2) is 5.84 Å². The monoisotopic (exact) mass is 519 g/mol. The van der Waals surface area contributed by atoms with Crippen LogP contribution in [-0.4, -0.2) is 43.9 Å². The fourth-order valence-electron chi connectivity index (χ4n) is 3.83. The molecule has 13 heteroatoms. The number of anilines is 1. The molecule has 0 atom stereocenters. The Kier molecular flexibility index (Phi) is 6.92. The zero-order chi connectivity index (χ0) is 25.3. The molecule has 0 bridgehead atoms. The molecule has 2 aromatic heterocycles. The first-order valence-electron chi connectivity index (χ1n) is 10.9. The van der Waals surface area contributed by atoms with Crippen LogP contribution in [0.1, 0.15) is 31.4 Å². The van der Waals surface area contributed by atoms with Crippen LogP contribution >= 0.6 is 0 Å². The highest BCUT2D eigenvalue weighted by Gasteiger charge is 2.30. The molecule has 0 unspecified atom stereocenters. The fraction of sp³-hybridized carbons (Fsp3) is 0.318. The summed E-state index contributed by atoms with van der Waals surface area (Å²) < 4.78 is 54.9. The van der Waals surface area contributed by atoms with E-state index in [2.05, 4.69) is 19.4 Å². The minimum Gasteiger partial charge on any atom is -0.506 e. The average molecular weight is 520 g/mol. The molecule has 3 N–H and O–H groups in total. The lowest BCUT2D eigenvalue weighted by Crippen LogP contribution is -2.33. The largest absolute Gasteiger partial charge is 0.506 e. The molecule has 3 heterocycles. The second kappa shape index (κ2) is 9.76. The van der Waals surface area contributed by atoms with E-state index in [0.717, 1.165) is 0 Å². The van der Waals surface area contributed by atoms with Gasteiger partial charge in [0.25, 0.3) is 15.6 Å². The number of benzene rings is 1. The van der Waals surface area contributed by atoms with Gasteiger partial charge in [-0.15, -0.1) is 4.40 Å². The molecule has 0 saturated carbocycles. The number of thiol groups is 1. The van der Waals surface area contributed by atoms with Crippen LogP contribution < -0.4 is 15.6 Å². The lowest BCUT2D eigenvalue weighted by molar-refractivity contribution is 0.473. The van der Waals surface area contributed by atoms with Gasteiger partial charge in [-0.05, 0) is 48.6 Å². The molecule has 0 amide bonds. The molecular formula is C22H25N5O6S2. The molecule has 3 aromatic rings. The Morgan fingerprint density at radius 1 is 1.23 bits per heavy atom. The van der Waals surface area contributed by atoms with Gasteiger partial charge in [-0.1, -0.05) is 19.9 Å². The second-order valence-corrected chi connectivity index (χ2v) is 10.9. The number of aromatic hydroxyl groups is 1. The Hall–Kier alpha value is -3.29. The van der Waals surface area contributed by atoms with Crippen molar-refractivity contribution < 1.29 is 21.9 Å².